The molecule has 1 aromatic rings. The van der Waals surface area contributed by atoms with Gasteiger partial charge in [-0.05, 0) is 0 Å². The molecule has 1 aliphatic rings. The molecule has 0 spiro atoms. The minimum atomic E-state index is -1.04. The van der Waals surface area contributed by atoms with E-state index in [4.69, 9.17) is 5.73 Å². The van der Waals surface area contributed by atoms with E-state index in [1.165, 1.54) is 15.9 Å². The van der Waals surface area contributed by atoms with E-state index in [9.17, 15) is 4.79 Å². The summed E-state index contributed by atoms with van der Waals surface area (Å²) in [5, 5.41) is 2.88. The molecule has 0 unspecified atom stereocenters. The zero-order valence-electron chi connectivity index (χ0n) is 8.68. The number of anilines is 1. The summed E-state index contributed by atoms with van der Waals surface area (Å²) in [6.45, 7) is 0.0433. The van der Waals surface area contributed by atoms with E-state index < -0.39 is 12.3 Å². The number of hydrogen-bond donors (Lipinski definition) is 2. The van der Waals surface area contributed by atoms with Gasteiger partial charge in [0.2, 0.25) is 0 Å². The van der Waals surface area contributed by atoms with Crippen molar-refractivity contribution in [2.45, 2.75) is 0 Å². The first-order chi connectivity index (χ1) is 7.81. The predicted molar refractivity (Wildman–Crippen MR) is 74.4 cm³/mol. The number of amides is 1. The molecule has 1 fully saturated rings. The van der Waals surface area contributed by atoms with Gasteiger partial charge in [0.1, 0.15) is 0 Å². The van der Waals surface area contributed by atoms with Crippen molar-refractivity contribution >= 4 is 48.3 Å². The first-order valence-corrected chi connectivity index (χ1v) is 12.4. The molecule has 1 saturated heterocycles. The third-order valence-corrected chi connectivity index (χ3v) is 15.8. The molecule has 6 heteroatoms. The molecule has 1 aliphatic heterocycles. The fourth-order valence-corrected chi connectivity index (χ4v) is 16.0. The van der Waals surface area contributed by atoms with E-state index in [1.807, 2.05) is 18.2 Å². The Morgan fingerprint density at radius 3 is 2.75 bits per heavy atom. The van der Waals surface area contributed by atoms with Gasteiger partial charge in [0.25, 0.3) is 0 Å². The zero-order chi connectivity index (χ0) is 11.4. The maximum atomic E-state index is 11.3. The van der Waals surface area contributed by atoms with E-state index in [1.54, 1.807) is 0 Å². The Labute approximate surface area is 106 Å². The molecule has 3 N–H and O–H groups in total. The molecule has 3 nitrogen and oxygen atoms in total. The molecular weight excluding hydrogens is 303 g/mol. The van der Waals surface area contributed by atoms with Crippen LogP contribution in [0.3, 0.4) is 0 Å². The summed E-state index contributed by atoms with van der Waals surface area (Å²) >= 11 is -1.04. The van der Waals surface area contributed by atoms with Gasteiger partial charge in [-0.25, -0.2) is 0 Å². The van der Waals surface area contributed by atoms with Gasteiger partial charge in [0.05, 0.1) is 0 Å². The standard InChI is InChI=1S/C10H13AsN2OS2/c12-7-10(14)13-9-4-2-1-3-8(9)11-15-5-6-16-11/h1-4H,5-7,12H2,(H,13,14). The molecule has 0 radical (unpaired) electrons. The van der Waals surface area contributed by atoms with Crippen LogP contribution in [0.4, 0.5) is 5.69 Å². The summed E-state index contributed by atoms with van der Waals surface area (Å²) in [6, 6.07) is 8.10. The fraction of sp³-hybridized carbons (Fsp3) is 0.300. The van der Waals surface area contributed by atoms with Crippen LogP contribution in [-0.4, -0.2) is 36.3 Å². The summed E-state index contributed by atoms with van der Waals surface area (Å²) in [4.78, 5) is 11.3. The van der Waals surface area contributed by atoms with E-state index in [0.29, 0.717) is 0 Å². The normalized spacial score (nSPS) is 16.3. The van der Waals surface area contributed by atoms with Crippen molar-refractivity contribution in [3.05, 3.63) is 24.3 Å². The van der Waals surface area contributed by atoms with E-state index in [-0.39, 0.29) is 12.5 Å². The second-order valence-electron chi connectivity index (χ2n) is 3.19. The Balaban J connectivity index is 2.19. The summed E-state index contributed by atoms with van der Waals surface area (Å²) in [5.41, 5.74) is 6.27. The van der Waals surface area contributed by atoms with Crippen molar-refractivity contribution in [2.75, 3.05) is 23.4 Å². The number of carbonyl (C=O) groups excluding carboxylic acids is 1. The molecule has 0 aromatic heterocycles. The second-order valence-corrected chi connectivity index (χ2v) is 14.9. The molecule has 1 amide bonds. The van der Waals surface area contributed by atoms with Crippen LogP contribution in [0.1, 0.15) is 0 Å². The predicted octanol–water partition coefficient (Wildman–Crippen LogP) is 0.759. The summed E-state index contributed by atoms with van der Waals surface area (Å²) in [6.07, 6.45) is 0. The minimum absolute atomic E-state index is 0.0433. The summed E-state index contributed by atoms with van der Waals surface area (Å²) in [5.74, 6) is 2.36. The quantitative estimate of drug-likeness (QED) is 0.809. The monoisotopic (exact) mass is 316 g/mol. The molecule has 1 heterocycles. The molecule has 0 aliphatic carbocycles. The number of nitrogens with one attached hydrogen (secondary N) is 1. The van der Waals surface area contributed by atoms with Crippen molar-refractivity contribution in [3.8, 4) is 0 Å². The second kappa shape index (κ2) is 6.01. The molecule has 86 valence electrons. The van der Waals surface area contributed by atoms with Gasteiger partial charge >= 0.3 is 106 Å². The molecule has 0 saturated carbocycles. The first-order valence-electron chi connectivity index (χ1n) is 4.96. The molecular formula is C10H13AsN2OS2. The van der Waals surface area contributed by atoms with Crippen LogP contribution < -0.4 is 15.4 Å². The number of nitrogens with two attached hydrogens (primary N) is 1. The Hall–Kier alpha value is -0.0916. The van der Waals surface area contributed by atoms with Crippen molar-refractivity contribution in [2.24, 2.45) is 5.73 Å². The van der Waals surface area contributed by atoms with Crippen LogP contribution in [0.25, 0.3) is 0 Å². The van der Waals surface area contributed by atoms with Gasteiger partial charge in [-0.15, -0.1) is 0 Å². The topological polar surface area (TPSA) is 55.1 Å². The van der Waals surface area contributed by atoms with Crippen molar-refractivity contribution in [1.29, 1.82) is 0 Å². The van der Waals surface area contributed by atoms with Gasteiger partial charge < -0.3 is 0 Å². The Kier molecular flexibility index (Phi) is 4.64. The Morgan fingerprint density at radius 2 is 2.06 bits per heavy atom. The Bertz CT molecular complexity index is 383. The van der Waals surface area contributed by atoms with Crippen molar-refractivity contribution < 1.29 is 4.79 Å². The van der Waals surface area contributed by atoms with Crippen LogP contribution in [0.2, 0.25) is 0 Å². The molecule has 2 rings (SSSR count). The van der Waals surface area contributed by atoms with Crippen LogP contribution in [0, 0.1) is 0 Å². The molecule has 0 bridgehead atoms. The van der Waals surface area contributed by atoms with Crippen molar-refractivity contribution in [3.63, 3.8) is 0 Å². The number of para-hydroxylation sites is 1. The number of carbonyl (C=O) groups is 1. The number of benzene rings is 1. The van der Waals surface area contributed by atoms with Crippen LogP contribution in [-0.2, 0) is 4.79 Å². The van der Waals surface area contributed by atoms with Gasteiger partial charge in [-0.3, -0.25) is 0 Å². The molecule has 16 heavy (non-hydrogen) atoms. The van der Waals surface area contributed by atoms with Gasteiger partial charge in [0.15, 0.2) is 0 Å². The SMILES string of the molecule is NCC(=O)Nc1ccccc1[As]1SCCS1. The number of hydrogen-bond acceptors (Lipinski definition) is 4. The fourth-order valence-electron chi connectivity index (χ4n) is 1.36. The van der Waals surface area contributed by atoms with Crippen LogP contribution in [0.15, 0.2) is 24.3 Å². The average molecular weight is 316 g/mol. The zero-order valence-corrected chi connectivity index (χ0v) is 12.2. The molecule has 0 atom stereocenters. The summed E-state index contributed by atoms with van der Waals surface area (Å²) in [7, 11) is 4.14. The van der Waals surface area contributed by atoms with Crippen LogP contribution in [0.5, 0.6) is 0 Å². The van der Waals surface area contributed by atoms with Gasteiger partial charge in [-0.1, -0.05) is 0 Å². The third kappa shape index (κ3) is 2.98. The average Bonchev–Trinajstić information content (AvgIpc) is 2.83. The molecule has 1 aromatic carbocycles. The van der Waals surface area contributed by atoms with Gasteiger partial charge in [-0.2, -0.15) is 0 Å². The van der Waals surface area contributed by atoms with E-state index in [2.05, 4.69) is 31.4 Å². The third-order valence-electron chi connectivity index (χ3n) is 2.06. The first kappa shape index (κ1) is 12.4. The van der Waals surface area contributed by atoms with Gasteiger partial charge in [0, 0.05) is 0 Å². The summed E-state index contributed by atoms with van der Waals surface area (Å²) < 4.78 is 1.34. The van der Waals surface area contributed by atoms with Crippen LogP contribution >= 0.6 is 20.0 Å². The maximum absolute atomic E-state index is 11.3. The van der Waals surface area contributed by atoms with E-state index >= 15 is 0 Å². The van der Waals surface area contributed by atoms with E-state index in [0.717, 1.165) is 5.69 Å². The Morgan fingerprint density at radius 1 is 1.38 bits per heavy atom. The van der Waals surface area contributed by atoms with Crippen molar-refractivity contribution in [1.82, 2.24) is 0 Å². The number of rotatable bonds is 3.